The second-order valence-electron chi connectivity index (χ2n) is 5.62. The molecule has 114 valence electrons. The Morgan fingerprint density at radius 3 is 2.70 bits per heavy atom. The number of hydrogen-bond acceptors (Lipinski definition) is 2. The molecule has 1 atom stereocenters. The largest absolute Gasteiger partial charge is 0.481 e. The van der Waals surface area contributed by atoms with Crippen LogP contribution in [0.5, 0.6) is 0 Å². The van der Waals surface area contributed by atoms with Crippen LogP contribution in [0.1, 0.15) is 46.0 Å². The molecule has 0 saturated carbocycles. The third kappa shape index (κ3) is 6.08. The lowest BCUT2D eigenvalue weighted by atomic mass is 9.94. The second-order valence-corrected chi connectivity index (χ2v) is 5.62. The summed E-state index contributed by atoms with van der Waals surface area (Å²) < 4.78 is 0. The van der Waals surface area contributed by atoms with Crippen LogP contribution >= 0.6 is 0 Å². The molecule has 0 radical (unpaired) electrons. The standard InChI is InChI=1S/C15H26N2O3/c1-12(2)17(10-6-9-14(18)19)15(20)16-11-13-7-4-3-5-8-13/h3-4,12-13H,5-11H2,1-2H3,(H,16,20)(H,18,19). The molecule has 1 rings (SSSR count). The van der Waals surface area contributed by atoms with E-state index >= 15 is 0 Å². The average molecular weight is 282 g/mol. The lowest BCUT2D eigenvalue weighted by molar-refractivity contribution is -0.137. The average Bonchev–Trinajstić information content (AvgIpc) is 2.41. The summed E-state index contributed by atoms with van der Waals surface area (Å²) in [6.45, 7) is 5.08. The highest BCUT2D eigenvalue weighted by molar-refractivity contribution is 5.74. The van der Waals surface area contributed by atoms with Crippen LogP contribution in [-0.2, 0) is 4.79 Å². The van der Waals surface area contributed by atoms with E-state index in [-0.39, 0.29) is 18.5 Å². The summed E-state index contributed by atoms with van der Waals surface area (Å²) in [5.74, 6) is -0.292. The molecule has 0 heterocycles. The number of hydrogen-bond donors (Lipinski definition) is 2. The van der Waals surface area contributed by atoms with Gasteiger partial charge in [-0.05, 0) is 45.4 Å². The minimum Gasteiger partial charge on any atom is -0.481 e. The Morgan fingerprint density at radius 1 is 1.40 bits per heavy atom. The van der Waals surface area contributed by atoms with E-state index < -0.39 is 5.97 Å². The predicted molar refractivity (Wildman–Crippen MR) is 78.6 cm³/mol. The van der Waals surface area contributed by atoms with Crippen molar-refractivity contribution in [3.63, 3.8) is 0 Å². The highest BCUT2D eigenvalue weighted by atomic mass is 16.4. The minimum absolute atomic E-state index is 0.0787. The van der Waals surface area contributed by atoms with Crippen LogP contribution in [0.4, 0.5) is 4.79 Å². The molecular weight excluding hydrogens is 256 g/mol. The summed E-state index contributed by atoms with van der Waals surface area (Å²) in [7, 11) is 0. The first kappa shape index (κ1) is 16.5. The van der Waals surface area contributed by atoms with E-state index in [1.807, 2.05) is 13.8 Å². The molecular formula is C15H26N2O3. The Balaban J connectivity index is 2.35. The number of carboxylic acids is 1. The smallest absolute Gasteiger partial charge is 0.317 e. The van der Waals surface area contributed by atoms with Gasteiger partial charge in [-0.15, -0.1) is 0 Å². The Morgan fingerprint density at radius 2 is 2.15 bits per heavy atom. The van der Waals surface area contributed by atoms with Crippen LogP contribution < -0.4 is 5.32 Å². The summed E-state index contributed by atoms with van der Waals surface area (Å²) in [4.78, 5) is 24.4. The van der Waals surface area contributed by atoms with Gasteiger partial charge in [0.25, 0.3) is 0 Å². The van der Waals surface area contributed by atoms with Crippen molar-refractivity contribution in [2.45, 2.75) is 52.0 Å². The maximum absolute atomic E-state index is 12.2. The fourth-order valence-corrected chi connectivity index (χ4v) is 2.37. The molecule has 1 aliphatic carbocycles. The number of carbonyl (C=O) groups excluding carboxylic acids is 1. The highest BCUT2D eigenvalue weighted by Crippen LogP contribution is 2.17. The van der Waals surface area contributed by atoms with E-state index in [0.29, 0.717) is 25.4 Å². The van der Waals surface area contributed by atoms with Crippen molar-refractivity contribution in [1.29, 1.82) is 0 Å². The minimum atomic E-state index is -0.817. The van der Waals surface area contributed by atoms with Crippen LogP contribution in [0.2, 0.25) is 0 Å². The Bertz CT molecular complexity index is 353. The zero-order valence-electron chi connectivity index (χ0n) is 12.5. The Labute approximate surface area is 121 Å². The molecule has 2 N–H and O–H groups in total. The van der Waals surface area contributed by atoms with E-state index in [4.69, 9.17) is 5.11 Å². The zero-order chi connectivity index (χ0) is 15.0. The molecule has 5 heteroatoms. The van der Waals surface area contributed by atoms with Gasteiger partial charge in [0.15, 0.2) is 0 Å². The summed E-state index contributed by atoms with van der Waals surface area (Å²) in [5, 5.41) is 11.6. The van der Waals surface area contributed by atoms with Gasteiger partial charge in [0.2, 0.25) is 0 Å². The van der Waals surface area contributed by atoms with Gasteiger partial charge in [0.1, 0.15) is 0 Å². The maximum Gasteiger partial charge on any atom is 0.317 e. The van der Waals surface area contributed by atoms with Crippen LogP contribution in [0.3, 0.4) is 0 Å². The number of rotatable bonds is 7. The number of nitrogens with one attached hydrogen (secondary N) is 1. The number of amides is 2. The highest BCUT2D eigenvalue weighted by Gasteiger charge is 2.18. The van der Waals surface area contributed by atoms with Crippen molar-refractivity contribution in [3.8, 4) is 0 Å². The van der Waals surface area contributed by atoms with Crippen molar-refractivity contribution in [2.24, 2.45) is 5.92 Å². The molecule has 20 heavy (non-hydrogen) atoms. The van der Waals surface area contributed by atoms with Crippen LogP contribution in [0.25, 0.3) is 0 Å². The van der Waals surface area contributed by atoms with E-state index in [9.17, 15) is 9.59 Å². The molecule has 2 amide bonds. The van der Waals surface area contributed by atoms with Crippen molar-refractivity contribution in [2.75, 3.05) is 13.1 Å². The van der Waals surface area contributed by atoms with Gasteiger partial charge in [0, 0.05) is 25.6 Å². The first-order valence-corrected chi connectivity index (χ1v) is 7.42. The Hall–Kier alpha value is -1.52. The van der Waals surface area contributed by atoms with Gasteiger partial charge in [-0.25, -0.2) is 4.79 Å². The first-order chi connectivity index (χ1) is 9.50. The van der Waals surface area contributed by atoms with Gasteiger partial charge < -0.3 is 15.3 Å². The van der Waals surface area contributed by atoms with Crippen molar-refractivity contribution in [1.82, 2.24) is 10.2 Å². The molecule has 1 unspecified atom stereocenters. The van der Waals surface area contributed by atoms with Crippen molar-refractivity contribution < 1.29 is 14.7 Å². The van der Waals surface area contributed by atoms with Crippen molar-refractivity contribution >= 4 is 12.0 Å². The molecule has 1 aliphatic rings. The number of carboxylic acid groups (broad SMARTS) is 1. The summed E-state index contributed by atoms with van der Waals surface area (Å²) in [6, 6.07) is -0.00464. The van der Waals surface area contributed by atoms with Gasteiger partial charge in [-0.1, -0.05) is 12.2 Å². The maximum atomic E-state index is 12.2. The van der Waals surface area contributed by atoms with E-state index in [2.05, 4.69) is 17.5 Å². The molecule has 0 aromatic rings. The lowest BCUT2D eigenvalue weighted by Crippen LogP contribution is -2.45. The SMILES string of the molecule is CC(C)N(CCCC(=O)O)C(=O)NCC1CC=CCC1. The Kier molecular flexibility index (Phi) is 7.12. The number of carbonyl (C=O) groups is 2. The van der Waals surface area contributed by atoms with Crippen molar-refractivity contribution in [3.05, 3.63) is 12.2 Å². The van der Waals surface area contributed by atoms with Gasteiger partial charge in [0.05, 0.1) is 0 Å². The monoisotopic (exact) mass is 282 g/mol. The van der Waals surface area contributed by atoms with E-state index in [1.165, 1.54) is 0 Å². The number of urea groups is 1. The molecule has 5 nitrogen and oxygen atoms in total. The molecule has 0 fully saturated rings. The predicted octanol–water partition coefficient (Wildman–Crippen LogP) is 2.63. The third-order valence-electron chi connectivity index (χ3n) is 3.59. The molecule has 0 aliphatic heterocycles. The molecule has 0 bridgehead atoms. The summed E-state index contributed by atoms with van der Waals surface area (Å²) >= 11 is 0. The van der Waals surface area contributed by atoms with Gasteiger partial charge in [-0.3, -0.25) is 4.79 Å². The van der Waals surface area contributed by atoms with Crippen LogP contribution in [0, 0.1) is 5.92 Å². The quantitative estimate of drug-likeness (QED) is 0.705. The number of allylic oxidation sites excluding steroid dienone is 2. The molecule has 0 spiro atoms. The normalized spacial score (nSPS) is 18.1. The molecule has 0 aromatic heterocycles. The molecule has 0 aromatic carbocycles. The second kappa shape index (κ2) is 8.61. The zero-order valence-corrected chi connectivity index (χ0v) is 12.5. The fraction of sp³-hybridized carbons (Fsp3) is 0.733. The van der Waals surface area contributed by atoms with Crippen LogP contribution in [-0.4, -0.2) is 41.1 Å². The topological polar surface area (TPSA) is 69.6 Å². The third-order valence-corrected chi connectivity index (χ3v) is 3.59. The summed E-state index contributed by atoms with van der Waals surface area (Å²) in [5.41, 5.74) is 0. The van der Waals surface area contributed by atoms with E-state index in [0.717, 1.165) is 19.3 Å². The molecule has 0 saturated heterocycles. The van der Waals surface area contributed by atoms with Gasteiger partial charge in [-0.2, -0.15) is 0 Å². The van der Waals surface area contributed by atoms with Crippen LogP contribution in [0.15, 0.2) is 12.2 Å². The first-order valence-electron chi connectivity index (χ1n) is 7.42. The lowest BCUT2D eigenvalue weighted by Gasteiger charge is -2.28. The van der Waals surface area contributed by atoms with Gasteiger partial charge >= 0.3 is 12.0 Å². The van der Waals surface area contributed by atoms with E-state index in [1.54, 1.807) is 4.90 Å². The number of aliphatic carboxylic acids is 1. The number of nitrogens with zero attached hydrogens (tertiary/aromatic N) is 1. The summed E-state index contributed by atoms with van der Waals surface area (Å²) in [6.07, 6.45) is 8.19. The fourth-order valence-electron chi connectivity index (χ4n) is 2.37.